The van der Waals surface area contributed by atoms with Gasteiger partial charge in [0.15, 0.2) is 0 Å². The number of nitrogens with one attached hydrogen (secondary N) is 1. The van der Waals surface area contributed by atoms with Gasteiger partial charge in [-0.05, 0) is 47.7 Å². The number of rotatable bonds is 9. The number of benzene rings is 2. The smallest absolute Gasteiger partial charge is 0.271 e. The number of carbonyl (C=O) groups is 1. The van der Waals surface area contributed by atoms with Crippen LogP contribution < -0.4 is 10.9 Å². The number of fused-ring (bicyclic) bond motifs is 1. The minimum absolute atomic E-state index is 0.0165. The summed E-state index contributed by atoms with van der Waals surface area (Å²) in [7, 11) is 0. The van der Waals surface area contributed by atoms with Crippen molar-refractivity contribution in [3.63, 3.8) is 0 Å². The van der Waals surface area contributed by atoms with Crippen LogP contribution in [0.25, 0.3) is 0 Å². The largest absolute Gasteiger partial charge is 0.396 e. The molecule has 0 saturated heterocycles. The summed E-state index contributed by atoms with van der Waals surface area (Å²) < 4.78 is 31.0. The molecule has 2 N–H and O–H groups in total. The van der Waals surface area contributed by atoms with Gasteiger partial charge in [0, 0.05) is 61.9 Å². The quantitative estimate of drug-likeness (QED) is 0.446. The molecule has 3 aromatic rings. The first-order valence-electron chi connectivity index (χ1n) is 12.4. The fourth-order valence-corrected chi connectivity index (χ4v) is 5.28. The zero-order chi connectivity index (χ0) is 26.1. The molecule has 7 nitrogen and oxygen atoms in total. The molecule has 1 aliphatic heterocycles. The molecular weight excluding hydrogens is 502 g/mol. The van der Waals surface area contributed by atoms with Gasteiger partial charge in [-0.2, -0.15) is 0 Å². The van der Waals surface area contributed by atoms with E-state index in [1.165, 1.54) is 12.1 Å². The van der Waals surface area contributed by atoms with E-state index in [2.05, 4.69) is 5.32 Å². The number of halogens is 3. The molecule has 1 aliphatic carbocycles. The van der Waals surface area contributed by atoms with E-state index >= 15 is 0 Å². The molecule has 0 unspecified atom stereocenters. The van der Waals surface area contributed by atoms with Crippen LogP contribution in [-0.2, 0) is 37.4 Å². The van der Waals surface area contributed by atoms with Crippen molar-refractivity contribution in [2.45, 2.75) is 39.0 Å². The van der Waals surface area contributed by atoms with E-state index in [4.69, 9.17) is 11.6 Å². The lowest BCUT2D eigenvalue weighted by atomic mass is 10.1. The summed E-state index contributed by atoms with van der Waals surface area (Å²) in [5.41, 5.74) is 2.89. The molecule has 2 atom stereocenters. The second-order valence-electron chi connectivity index (χ2n) is 9.85. The topological polar surface area (TPSA) is 79.5 Å². The maximum absolute atomic E-state index is 13.7. The third kappa shape index (κ3) is 5.79. The Morgan fingerprint density at radius 3 is 2.46 bits per heavy atom. The number of amides is 1. The molecular formula is C27H29ClF2N4O3. The van der Waals surface area contributed by atoms with Crippen LogP contribution in [0, 0.1) is 23.5 Å². The maximum atomic E-state index is 13.7. The molecule has 0 spiro atoms. The van der Waals surface area contributed by atoms with Gasteiger partial charge in [-0.25, -0.2) is 13.5 Å². The zero-order valence-electron chi connectivity index (χ0n) is 20.3. The SMILES string of the molecule is O=C(NCCn1c2c(c(=O)n1Cc1ccc(Cl)cc1)CN(Cc1cc(F)cc(F)c1)CC2)[C@H]1C[C@@H]1CO. The lowest BCUT2D eigenvalue weighted by Crippen LogP contribution is -2.33. The van der Waals surface area contributed by atoms with Crippen LogP contribution in [0.3, 0.4) is 0 Å². The third-order valence-corrected chi connectivity index (χ3v) is 7.43. The lowest BCUT2D eigenvalue weighted by Gasteiger charge is -2.27. The highest BCUT2D eigenvalue weighted by molar-refractivity contribution is 6.30. The second-order valence-corrected chi connectivity index (χ2v) is 10.3. The van der Waals surface area contributed by atoms with Crippen LogP contribution in [0.4, 0.5) is 8.78 Å². The van der Waals surface area contributed by atoms with E-state index in [-0.39, 0.29) is 29.9 Å². The van der Waals surface area contributed by atoms with Crippen molar-refractivity contribution in [2.24, 2.45) is 11.8 Å². The van der Waals surface area contributed by atoms with Crippen LogP contribution >= 0.6 is 11.6 Å². The van der Waals surface area contributed by atoms with Crippen molar-refractivity contribution < 1.29 is 18.7 Å². The summed E-state index contributed by atoms with van der Waals surface area (Å²) >= 11 is 6.03. The number of aliphatic hydroxyl groups is 1. The maximum Gasteiger partial charge on any atom is 0.271 e. The van der Waals surface area contributed by atoms with Crippen LogP contribution in [0.1, 0.15) is 28.8 Å². The Hall–Kier alpha value is -3.01. The predicted molar refractivity (Wildman–Crippen MR) is 135 cm³/mol. The third-order valence-electron chi connectivity index (χ3n) is 7.18. The first-order chi connectivity index (χ1) is 17.8. The van der Waals surface area contributed by atoms with E-state index in [1.807, 2.05) is 21.7 Å². The average molecular weight is 531 g/mol. The van der Waals surface area contributed by atoms with Gasteiger partial charge in [0.1, 0.15) is 11.6 Å². The Labute approximate surface area is 218 Å². The number of nitrogens with zero attached hydrogens (tertiary/aromatic N) is 3. The molecule has 1 amide bonds. The fraction of sp³-hybridized carbons (Fsp3) is 0.407. The molecule has 1 saturated carbocycles. The number of hydrogen-bond acceptors (Lipinski definition) is 4. The molecule has 10 heteroatoms. The molecule has 2 aliphatic rings. The summed E-state index contributed by atoms with van der Waals surface area (Å²) in [6, 6.07) is 10.8. The minimum Gasteiger partial charge on any atom is -0.396 e. The molecule has 1 fully saturated rings. The number of aliphatic hydroxyl groups excluding tert-OH is 1. The monoisotopic (exact) mass is 530 g/mol. The summed E-state index contributed by atoms with van der Waals surface area (Å²) in [6.07, 6.45) is 1.30. The highest BCUT2D eigenvalue weighted by Gasteiger charge is 2.42. The standard InChI is InChI=1S/C27H29ClF2N4O3/c28-20-3-1-17(2-4-20)14-34-27(37)24-15-32(13-18-9-21(29)12-22(30)10-18)7-5-25(24)33(34)8-6-31-26(36)23-11-19(23)16-35/h1-4,9-10,12,19,23,35H,5-8,11,13-16H2,(H,31,36)/t19-,23+/m1/s1. The molecule has 37 heavy (non-hydrogen) atoms. The van der Waals surface area contributed by atoms with Gasteiger partial charge in [-0.3, -0.25) is 19.2 Å². The van der Waals surface area contributed by atoms with Crippen molar-refractivity contribution in [3.05, 3.63) is 91.9 Å². The van der Waals surface area contributed by atoms with Crippen molar-refractivity contribution in [1.29, 1.82) is 0 Å². The average Bonchev–Trinajstić information content (AvgIpc) is 3.61. The van der Waals surface area contributed by atoms with Gasteiger partial charge in [0.25, 0.3) is 5.56 Å². The highest BCUT2D eigenvalue weighted by atomic mass is 35.5. The van der Waals surface area contributed by atoms with E-state index in [1.54, 1.807) is 16.8 Å². The van der Waals surface area contributed by atoms with E-state index in [0.29, 0.717) is 68.3 Å². The Balaban J connectivity index is 1.36. The molecule has 0 radical (unpaired) electrons. The summed E-state index contributed by atoms with van der Waals surface area (Å²) in [4.78, 5) is 27.9. The highest BCUT2D eigenvalue weighted by Crippen LogP contribution is 2.37. The molecule has 196 valence electrons. The second kappa shape index (κ2) is 10.8. The van der Waals surface area contributed by atoms with Gasteiger partial charge >= 0.3 is 0 Å². The Morgan fingerprint density at radius 2 is 1.78 bits per heavy atom. The normalized spacial score (nSPS) is 19.0. The zero-order valence-corrected chi connectivity index (χ0v) is 21.1. The van der Waals surface area contributed by atoms with Crippen LogP contribution in [0.2, 0.25) is 5.02 Å². The van der Waals surface area contributed by atoms with E-state index in [0.717, 1.165) is 17.3 Å². The van der Waals surface area contributed by atoms with Gasteiger partial charge in [0.05, 0.1) is 18.7 Å². The van der Waals surface area contributed by atoms with E-state index in [9.17, 15) is 23.5 Å². The molecule has 2 aromatic carbocycles. The van der Waals surface area contributed by atoms with Crippen LogP contribution in [-0.4, -0.2) is 45.0 Å². The van der Waals surface area contributed by atoms with Gasteiger partial charge in [0.2, 0.25) is 5.91 Å². The first kappa shape index (κ1) is 25.6. The lowest BCUT2D eigenvalue weighted by molar-refractivity contribution is -0.122. The molecule has 0 bridgehead atoms. The first-order valence-corrected chi connectivity index (χ1v) is 12.8. The Morgan fingerprint density at radius 1 is 1.05 bits per heavy atom. The summed E-state index contributed by atoms with van der Waals surface area (Å²) in [6.45, 7) is 2.48. The van der Waals surface area contributed by atoms with Gasteiger partial charge in [-0.15, -0.1) is 0 Å². The van der Waals surface area contributed by atoms with Crippen LogP contribution in [0.5, 0.6) is 0 Å². The molecule has 5 rings (SSSR count). The van der Waals surface area contributed by atoms with Gasteiger partial charge < -0.3 is 10.4 Å². The predicted octanol–water partition coefficient (Wildman–Crippen LogP) is 2.93. The van der Waals surface area contributed by atoms with Crippen molar-refractivity contribution in [2.75, 3.05) is 19.7 Å². The van der Waals surface area contributed by atoms with E-state index < -0.39 is 11.6 Å². The Kier molecular flexibility index (Phi) is 7.46. The fourth-order valence-electron chi connectivity index (χ4n) is 5.15. The number of carbonyl (C=O) groups excluding carboxylic acids is 1. The number of aromatic nitrogens is 2. The number of hydrogen-bond donors (Lipinski definition) is 2. The van der Waals surface area contributed by atoms with Gasteiger partial charge in [-0.1, -0.05) is 23.7 Å². The van der Waals surface area contributed by atoms with Crippen LogP contribution in [0.15, 0.2) is 47.3 Å². The van der Waals surface area contributed by atoms with Crippen molar-refractivity contribution in [3.8, 4) is 0 Å². The minimum atomic E-state index is -0.622. The molecule has 2 heterocycles. The summed E-state index contributed by atoms with van der Waals surface area (Å²) in [5.74, 6) is -1.41. The van der Waals surface area contributed by atoms with Crippen molar-refractivity contribution >= 4 is 17.5 Å². The Bertz CT molecular complexity index is 1330. The summed E-state index contributed by atoms with van der Waals surface area (Å²) in [5, 5.41) is 12.8. The molecule has 1 aromatic heterocycles. The van der Waals surface area contributed by atoms with Crippen molar-refractivity contribution in [1.82, 2.24) is 19.6 Å².